The first-order valence-electron chi connectivity index (χ1n) is 10.9. The van der Waals surface area contributed by atoms with Gasteiger partial charge in [0.1, 0.15) is 5.78 Å². The lowest BCUT2D eigenvalue weighted by Crippen LogP contribution is -2.39. The lowest BCUT2D eigenvalue weighted by molar-refractivity contribution is -0.152. The van der Waals surface area contributed by atoms with Gasteiger partial charge in [0.25, 0.3) is 0 Å². The number of thiophene rings is 1. The third-order valence-electron chi connectivity index (χ3n) is 6.76. The van der Waals surface area contributed by atoms with Crippen molar-refractivity contribution in [1.29, 1.82) is 0 Å². The Morgan fingerprint density at radius 1 is 1.20 bits per heavy atom. The molecule has 0 aromatic carbocycles. The summed E-state index contributed by atoms with van der Waals surface area (Å²) in [7, 11) is 0. The van der Waals surface area contributed by atoms with E-state index >= 15 is 0 Å². The molecule has 2 aliphatic rings. The minimum atomic E-state index is -0.320. The van der Waals surface area contributed by atoms with Gasteiger partial charge in [-0.1, -0.05) is 12.5 Å². The van der Waals surface area contributed by atoms with Crippen molar-refractivity contribution in [3.63, 3.8) is 0 Å². The van der Waals surface area contributed by atoms with E-state index in [9.17, 15) is 14.4 Å². The highest BCUT2D eigenvalue weighted by molar-refractivity contribution is 7.09. The van der Waals surface area contributed by atoms with Crippen LogP contribution in [0.4, 0.5) is 0 Å². The van der Waals surface area contributed by atoms with Crippen LogP contribution in [-0.2, 0) is 27.3 Å². The first kappa shape index (κ1) is 21.0. The molecule has 2 aliphatic carbocycles. The molecular formula is C24H29NO4S. The van der Waals surface area contributed by atoms with Crippen LogP contribution in [0, 0.1) is 31.6 Å². The zero-order valence-corrected chi connectivity index (χ0v) is 18.5. The lowest BCUT2D eigenvalue weighted by Gasteiger charge is -2.36. The Balaban J connectivity index is 1.34. The van der Waals surface area contributed by atoms with Crippen molar-refractivity contribution in [2.24, 2.45) is 17.8 Å². The standard InChI is InChI=1S/C24H29NO4S/c1-15-11-21(16(2)25(15)9-8-20-7-4-10-30-20)22(26)14-29-24(28)19-12-17-5-3-6-18(13-19)23(17)27/h4,7,10-11,17-19H,3,5-6,8-9,12-14H2,1-2H3/t17-,18-/m1/s1. The molecule has 2 saturated carbocycles. The number of carbonyl (C=O) groups is 3. The van der Waals surface area contributed by atoms with Crippen molar-refractivity contribution >= 4 is 28.9 Å². The summed E-state index contributed by atoms with van der Waals surface area (Å²) < 4.78 is 7.57. The normalized spacial score (nSPS) is 23.4. The summed E-state index contributed by atoms with van der Waals surface area (Å²) in [5.41, 5.74) is 2.59. The number of ketones is 2. The highest BCUT2D eigenvalue weighted by Gasteiger charge is 2.41. The van der Waals surface area contributed by atoms with Crippen molar-refractivity contribution in [1.82, 2.24) is 4.57 Å². The van der Waals surface area contributed by atoms with Crippen LogP contribution in [0.15, 0.2) is 23.6 Å². The van der Waals surface area contributed by atoms with E-state index in [1.807, 2.05) is 26.0 Å². The molecule has 2 bridgehead atoms. The fourth-order valence-electron chi connectivity index (χ4n) is 5.11. The van der Waals surface area contributed by atoms with Crippen LogP contribution in [0.5, 0.6) is 0 Å². The summed E-state index contributed by atoms with van der Waals surface area (Å²) in [6.45, 7) is 4.55. The van der Waals surface area contributed by atoms with Crippen molar-refractivity contribution in [2.75, 3.05) is 6.61 Å². The number of ether oxygens (including phenoxy) is 1. The Labute approximate surface area is 181 Å². The summed E-state index contributed by atoms with van der Waals surface area (Å²) in [6.07, 6.45) is 4.94. The molecule has 2 atom stereocenters. The van der Waals surface area contributed by atoms with E-state index in [0.717, 1.165) is 43.6 Å². The molecule has 160 valence electrons. The molecule has 0 N–H and O–H groups in total. The molecule has 4 rings (SSSR count). The Morgan fingerprint density at radius 2 is 1.93 bits per heavy atom. The minimum absolute atomic E-state index is 0.00743. The number of carbonyl (C=O) groups excluding carboxylic acids is 3. The molecule has 2 aromatic rings. The predicted octanol–water partition coefficient (Wildman–Crippen LogP) is 4.53. The topological polar surface area (TPSA) is 65.4 Å². The number of Topliss-reactive ketones (excluding diaryl/α,β-unsaturated/α-hetero) is 2. The second kappa shape index (κ2) is 8.88. The maximum Gasteiger partial charge on any atom is 0.309 e. The molecule has 2 aromatic heterocycles. The molecule has 30 heavy (non-hydrogen) atoms. The molecule has 5 nitrogen and oxygen atoms in total. The fourth-order valence-corrected chi connectivity index (χ4v) is 5.81. The molecule has 6 heteroatoms. The average molecular weight is 428 g/mol. The summed E-state index contributed by atoms with van der Waals surface area (Å²) >= 11 is 1.74. The van der Waals surface area contributed by atoms with Gasteiger partial charge in [-0.2, -0.15) is 0 Å². The third kappa shape index (κ3) is 4.29. The van der Waals surface area contributed by atoms with E-state index < -0.39 is 0 Å². The van der Waals surface area contributed by atoms with Gasteiger partial charge in [-0.25, -0.2) is 0 Å². The first-order valence-corrected chi connectivity index (χ1v) is 11.7. The molecule has 2 heterocycles. The van der Waals surface area contributed by atoms with Crippen molar-refractivity contribution in [2.45, 2.75) is 58.9 Å². The van der Waals surface area contributed by atoms with Crippen LogP contribution in [0.25, 0.3) is 0 Å². The number of rotatable bonds is 7. The predicted molar refractivity (Wildman–Crippen MR) is 116 cm³/mol. The van der Waals surface area contributed by atoms with E-state index in [2.05, 4.69) is 16.0 Å². The zero-order chi connectivity index (χ0) is 21.3. The summed E-state index contributed by atoms with van der Waals surface area (Å²) in [5, 5.41) is 2.07. The molecule has 0 unspecified atom stereocenters. The molecule has 2 fully saturated rings. The lowest BCUT2D eigenvalue weighted by atomic mass is 9.67. The van der Waals surface area contributed by atoms with Crippen LogP contribution in [-0.4, -0.2) is 28.7 Å². The van der Waals surface area contributed by atoms with Crippen molar-refractivity contribution < 1.29 is 19.1 Å². The van der Waals surface area contributed by atoms with Gasteiger partial charge in [0, 0.05) is 40.2 Å². The van der Waals surface area contributed by atoms with Gasteiger partial charge in [-0.05, 0) is 63.5 Å². The highest BCUT2D eigenvalue weighted by Crippen LogP contribution is 2.40. The number of fused-ring (bicyclic) bond motifs is 2. The Morgan fingerprint density at radius 3 is 2.60 bits per heavy atom. The van der Waals surface area contributed by atoms with Gasteiger partial charge in [-0.15, -0.1) is 11.3 Å². The first-order chi connectivity index (χ1) is 14.4. The van der Waals surface area contributed by atoms with Crippen LogP contribution in [0.1, 0.15) is 58.7 Å². The maximum absolute atomic E-state index is 12.8. The van der Waals surface area contributed by atoms with Gasteiger partial charge in [-0.3, -0.25) is 14.4 Å². The van der Waals surface area contributed by atoms with E-state index in [-0.39, 0.29) is 36.1 Å². The Kier molecular flexibility index (Phi) is 6.23. The molecule has 0 aliphatic heterocycles. The highest BCUT2D eigenvalue weighted by atomic mass is 32.1. The molecule has 0 saturated heterocycles. The number of esters is 1. The van der Waals surface area contributed by atoms with Gasteiger partial charge in [0.2, 0.25) is 5.78 Å². The molecular weight excluding hydrogens is 398 g/mol. The fraction of sp³-hybridized carbons (Fsp3) is 0.542. The van der Waals surface area contributed by atoms with Gasteiger partial charge in [0.15, 0.2) is 6.61 Å². The van der Waals surface area contributed by atoms with Gasteiger partial charge < -0.3 is 9.30 Å². The van der Waals surface area contributed by atoms with Crippen molar-refractivity contribution in [3.8, 4) is 0 Å². The number of hydrogen-bond donors (Lipinski definition) is 0. The summed E-state index contributed by atoms with van der Waals surface area (Å²) in [5.74, 6) is -0.383. The average Bonchev–Trinajstić information content (AvgIpc) is 3.32. The quantitative estimate of drug-likeness (QED) is 0.481. The van der Waals surface area contributed by atoms with E-state index in [4.69, 9.17) is 4.74 Å². The largest absolute Gasteiger partial charge is 0.457 e. The van der Waals surface area contributed by atoms with Crippen LogP contribution >= 0.6 is 11.3 Å². The molecule has 0 radical (unpaired) electrons. The molecule has 0 spiro atoms. The minimum Gasteiger partial charge on any atom is -0.457 e. The second-order valence-electron chi connectivity index (χ2n) is 8.69. The monoisotopic (exact) mass is 427 g/mol. The zero-order valence-electron chi connectivity index (χ0n) is 17.7. The second-order valence-corrected chi connectivity index (χ2v) is 9.72. The van der Waals surface area contributed by atoms with Crippen LogP contribution < -0.4 is 0 Å². The maximum atomic E-state index is 12.8. The summed E-state index contributed by atoms with van der Waals surface area (Å²) in [6, 6.07) is 6.06. The smallest absolute Gasteiger partial charge is 0.309 e. The Bertz CT molecular complexity index is 927. The molecule has 0 amide bonds. The van der Waals surface area contributed by atoms with Gasteiger partial charge in [0.05, 0.1) is 5.92 Å². The van der Waals surface area contributed by atoms with E-state index in [0.29, 0.717) is 24.2 Å². The summed E-state index contributed by atoms with van der Waals surface area (Å²) in [4.78, 5) is 38.9. The Hall–Kier alpha value is -2.21. The SMILES string of the molecule is Cc1cc(C(=O)COC(=O)C2C[C@H]3CCC[C@H](C2)C3=O)c(C)n1CCc1cccs1. The number of aryl methyl sites for hydroxylation is 2. The number of aromatic nitrogens is 1. The van der Waals surface area contributed by atoms with Crippen LogP contribution in [0.2, 0.25) is 0 Å². The van der Waals surface area contributed by atoms with Crippen LogP contribution in [0.3, 0.4) is 0 Å². The van der Waals surface area contributed by atoms with Gasteiger partial charge >= 0.3 is 5.97 Å². The number of hydrogen-bond acceptors (Lipinski definition) is 5. The van der Waals surface area contributed by atoms with E-state index in [1.54, 1.807) is 11.3 Å². The number of nitrogens with zero attached hydrogens (tertiary/aromatic N) is 1. The third-order valence-corrected chi connectivity index (χ3v) is 7.70. The van der Waals surface area contributed by atoms with Crippen molar-refractivity contribution in [3.05, 3.63) is 45.4 Å². The van der Waals surface area contributed by atoms with E-state index in [1.165, 1.54) is 4.88 Å².